The predicted molar refractivity (Wildman–Crippen MR) is 71.7 cm³/mol. The van der Waals surface area contributed by atoms with Crippen molar-refractivity contribution in [2.75, 3.05) is 0 Å². The van der Waals surface area contributed by atoms with Crippen LogP contribution < -0.4 is 5.32 Å². The molecule has 1 amide bonds. The van der Waals surface area contributed by atoms with Crippen molar-refractivity contribution in [3.05, 3.63) is 35.4 Å². The molecule has 1 aromatic rings. The quantitative estimate of drug-likeness (QED) is 0.866. The van der Waals surface area contributed by atoms with Crippen LogP contribution in [0.1, 0.15) is 38.3 Å². The van der Waals surface area contributed by atoms with E-state index >= 15 is 0 Å². The molecule has 1 N–H and O–H groups in total. The zero-order valence-electron chi connectivity index (χ0n) is 11.3. The SMILES string of the molecule is CCc1ccc(CNC(=O)C(C)(C#N)CC)cc1. The van der Waals surface area contributed by atoms with Gasteiger partial charge in [0.05, 0.1) is 6.07 Å². The van der Waals surface area contributed by atoms with Gasteiger partial charge in [-0.25, -0.2) is 0 Å². The molecular formula is C15H20N2O. The third-order valence-corrected chi connectivity index (χ3v) is 3.34. The fourth-order valence-corrected chi connectivity index (χ4v) is 1.56. The molecule has 0 radical (unpaired) electrons. The number of nitrogens with zero attached hydrogens (tertiary/aromatic N) is 1. The molecule has 0 fully saturated rings. The third kappa shape index (κ3) is 3.33. The maximum absolute atomic E-state index is 11.9. The van der Waals surface area contributed by atoms with Crippen LogP contribution in [0.4, 0.5) is 0 Å². The summed E-state index contributed by atoms with van der Waals surface area (Å²) in [5.74, 6) is -0.202. The van der Waals surface area contributed by atoms with Crippen LogP contribution in [0.3, 0.4) is 0 Å². The van der Waals surface area contributed by atoms with Crippen molar-refractivity contribution in [3.63, 3.8) is 0 Å². The highest BCUT2D eigenvalue weighted by Gasteiger charge is 2.30. The normalized spacial score (nSPS) is 13.4. The first-order valence-electron chi connectivity index (χ1n) is 6.33. The number of carbonyl (C=O) groups is 1. The average molecular weight is 244 g/mol. The lowest BCUT2D eigenvalue weighted by molar-refractivity contribution is -0.127. The molecule has 0 heterocycles. The summed E-state index contributed by atoms with van der Waals surface area (Å²) >= 11 is 0. The second kappa shape index (κ2) is 6.20. The maximum Gasteiger partial charge on any atom is 0.240 e. The first kappa shape index (κ1) is 14.2. The van der Waals surface area contributed by atoms with E-state index < -0.39 is 5.41 Å². The molecule has 0 aliphatic carbocycles. The van der Waals surface area contributed by atoms with Crippen LogP contribution in [-0.4, -0.2) is 5.91 Å². The van der Waals surface area contributed by atoms with Gasteiger partial charge in [0.2, 0.25) is 5.91 Å². The van der Waals surface area contributed by atoms with Gasteiger partial charge in [-0.15, -0.1) is 0 Å². The van der Waals surface area contributed by atoms with Gasteiger partial charge < -0.3 is 5.32 Å². The molecule has 0 bridgehead atoms. The number of hydrogen-bond acceptors (Lipinski definition) is 2. The number of benzene rings is 1. The van der Waals surface area contributed by atoms with Gasteiger partial charge in [0.15, 0.2) is 0 Å². The predicted octanol–water partition coefficient (Wildman–Crippen LogP) is 2.81. The Hall–Kier alpha value is -1.82. The lowest BCUT2D eigenvalue weighted by atomic mass is 9.88. The minimum absolute atomic E-state index is 0.202. The van der Waals surface area contributed by atoms with Gasteiger partial charge in [-0.2, -0.15) is 5.26 Å². The van der Waals surface area contributed by atoms with E-state index in [2.05, 4.69) is 30.4 Å². The monoisotopic (exact) mass is 244 g/mol. The van der Waals surface area contributed by atoms with E-state index in [0.717, 1.165) is 12.0 Å². The Morgan fingerprint density at radius 3 is 2.28 bits per heavy atom. The highest BCUT2D eigenvalue weighted by molar-refractivity contribution is 5.84. The standard InChI is InChI=1S/C15H20N2O/c1-4-12-6-8-13(9-7-12)10-17-14(18)15(3,5-2)11-16/h6-9H,4-5,10H2,1-3H3,(H,17,18). The summed E-state index contributed by atoms with van der Waals surface area (Å²) in [6.07, 6.45) is 1.53. The molecule has 3 heteroatoms. The number of hydrogen-bond donors (Lipinski definition) is 1. The Morgan fingerprint density at radius 1 is 1.28 bits per heavy atom. The topological polar surface area (TPSA) is 52.9 Å². The molecule has 0 aliphatic heterocycles. The number of nitriles is 1. The Kier molecular flexibility index (Phi) is 4.91. The summed E-state index contributed by atoms with van der Waals surface area (Å²) in [4.78, 5) is 11.9. The number of carbonyl (C=O) groups excluding carboxylic acids is 1. The third-order valence-electron chi connectivity index (χ3n) is 3.34. The van der Waals surface area contributed by atoms with E-state index in [-0.39, 0.29) is 5.91 Å². The van der Waals surface area contributed by atoms with Crippen molar-refractivity contribution in [1.82, 2.24) is 5.32 Å². The minimum atomic E-state index is -0.927. The number of aryl methyl sites for hydroxylation is 1. The molecule has 1 unspecified atom stereocenters. The van der Waals surface area contributed by atoms with Gasteiger partial charge in [-0.1, -0.05) is 38.1 Å². The Morgan fingerprint density at radius 2 is 1.83 bits per heavy atom. The Labute approximate surface area is 109 Å². The highest BCUT2D eigenvalue weighted by Crippen LogP contribution is 2.19. The highest BCUT2D eigenvalue weighted by atomic mass is 16.2. The van der Waals surface area contributed by atoms with Crippen LogP contribution in [0.15, 0.2) is 24.3 Å². The van der Waals surface area contributed by atoms with Crippen molar-refractivity contribution < 1.29 is 4.79 Å². The zero-order chi connectivity index (χ0) is 13.6. The molecule has 1 rings (SSSR count). The van der Waals surface area contributed by atoms with Crippen LogP contribution in [0.2, 0.25) is 0 Å². The minimum Gasteiger partial charge on any atom is -0.351 e. The van der Waals surface area contributed by atoms with Crippen molar-refractivity contribution in [2.45, 2.75) is 40.2 Å². The van der Waals surface area contributed by atoms with Crippen LogP contribution in [0.5, 0.6) is 0 Å². The van der Waals surface area contributed by atoms with Crippen LogP contribution >= 0.6 is 0 Å². The van der Waals surface area contributed by atoms with E-state index in [1.807, 2.05) is 19.1 Å². The number of nitrogens with one attached hydrogen (secondary N) is 1. The first-order chi connectivity index (χ1) is 8.55. The molecule has 1 atom stereocenters. The Bertz CT molecular complexity index is 445. The van der Waals surface area contributed by atoms with Gasteiger partial charge in [-0.05, 0) is 30.9 Å². The van der Waals surface area contributed by atoms with Crippen LogP contribution in [0, 0.1) is 16.7 Å². The van der Waals surface area contributed by atoms with E-state index in [1.54, 1.807) is 6.92 Å². The summed E-state index contributed by atoms with van der Waals surface area (Å²) < 4.78 is 0. The van der Waals surface area contributed by atoms with E-state index in [9.17, 15) is 4.79 Å². The molecule has 0 aromatic heterocycles. The lowest BCUT2D eigenvalue weighted by Crippen LogP contribution is -2.37. The molecule has 0 aliphatic rings. The van der Waals surface area contributed by atoms with E-state index in [4.69, 9.17) is 5.26 Å². The second-order valence-electron chi connectivity index (χ2n) is 4.65. The van der Waals surface area contributed by atoms with Crippen molar-refractivity contribution in [1.29, 1.82) is 5.26 Å². The fourth-order valence-electron chi connectivity index (χ4n) is 1.56. The van der Waals surface area contributed by atoms with Crippen molar-refractivity contribution in [2.24, 2.45) is 5.41 Å². The van der Waals surface area contributed by atoms with Crippen LogP contribution in [-0.2, 0) is 17.8 Å². The molecule has 0 spiro atoms. The largest absolute Gasteiger partial charge is 0.351 e. The van der Waals surface area contributed by atoms with E-state index in [1.165, 1.54) is 5.56 Å². The van der Waals surface area contributed by atoms with Crippen molar-refractivity contribution >= 4 is 5.91 Å². The first-order valence-corrected chi connectivity index (χ1v) is 6.33. The Balaban J connectivity index is 2.60. The molecular weight excluding hydrogens is 224 g/mol. The lowest BCUT2D eigenvalue weighted by Gasteiger charge is -2.18. The molecule has 0 saturated carbocycles. The second-order valence-corrected chi connectivity index (χ2v) is 4.65. The van der Waals surface area contributed by atoms with Gasteiger partial charge in [-0.3, -0.25) is 4.79 Å². The summed E-state index contributed by atoms with van der Waals surface area (Å²) in [6, 6.07) is 10.2. The maximum atomic E-state index is 11.9. The smallest absolute Gasteiger partial charge is 0.240 e. The fraction of sp³-hybridized carbons (Fsp3) is 0.467. The summed E-state index contributed by atoms with van der Waals surface area (Å²) in [5, 5.41) is 11.8. The van der Waals surface area contributed by atoms with Crippen LogP contribution in [0.25, 0.3) is 0 Å². The summed E-state index contributed by atoms with van der Waals surface area (Å²) in [5.41, 5.74) is 1.40. The average Bonchev–Trinajstić information content (AvgIpc) is 2.44. The molecule has 3 nitrogen and oxygen atoms in total. The number of rotatable bonds is 5. The van der Waals surface area contributed by atoms with Gasteiger partial charge in [0.25, 0.3) is 0 Å². The van der Waals surface area contributed by atoms with Gasteiger partial charge in [0, 0.05) is 6.54 Å². The molecule has 96 valence electrons. The van der Waals surface area contributed by atoms with Crippen molar-refractivity contribution in [3.8, 4) is 6.07 Å². The molecule has 1 aromatic carbocycles. The van der Waals surface area contributed by atoms with Gasteiger partial charge >= 0.3 is 0 Å². The summed E-state index contributed by atoms with van der Waals surface area (Å²) in [6.45, 7) is 6.10. The molecule has 0 saturated heterocycles. The van der Waals surface area contributed by atoms with E-state index in [0.29, 0.717) is 13.0 Å². The number of amides is 1. The summed E-state index contributed by atoms with van der Waals surface area (Å²) in [7, 11) is 0. The van der Waals surface area contributed by atoms with Gasteiger partial charge in [0.1, 0.15) is 5.41 Å². The molecule has 18 heavy (non-hydrogen) atoms. The zero-order valence-corrected chi connectivity index (χ0v) is 11.3.